The molecule has 1 heterocycles. The summed E-state index contributed by atoms with van der Waals surface area (Å²) in [6, 6.07) is 18.9. The maximum Gasteiger partial charge on any atom is 0.416 e. The van der Waals surface area contributed by atoms with E-state index >= 15 is 0 Å². The molecule has 3 aromatic rings. The smallest absolute Gasteiger partial charge is 0.416 e. The number of alkyl halides is 6. The Morgan fingerprint density at radius 3 is 1.71 bits per heavy atom. The number of hydrogen-bond donors (Lipinski definition) is 0. The first-order valence-electron chi connectivity index (χ1n) is 10.4. The van der Waals surface area contributed by atoms with Crippen molar-refractivity contribution in [1.82, 2.24) is 0 Å². The summed E-state index contributed by atoms with van der Waals surface area (Å²) >= 11 is 0. The Bertz CT molecular complexity index is 1560. The van der Waals surface area contributed by atoms with E-state index in [4.69, 9.17) is 4.42 Å². The van der Waals surface area contributed by atoms with Gasteiger partial charge in [-0.15, -0.1) is 0 Å². The van der Waals surface area contributed by atoms with E-state index in [0.29, 0.717) is 27.6 Å². The molecule has 0 fully saturated rings. The molecule has 0 atom stereocenters. The zero-order chi connectivity index (χ0) is 25.0. The molecule has 35 heavy (non-hydrogen) atoms. The molecule has 1 aromatic heterocycles. The lowest BCUT2D eigenvalue weighted by Crippen LogP contribution is -2.05. The lowest BCUT2D eigenvalue weighted by molar-refractivity contribution is -0.138. The third kappa shape index (κ3) is 4.05. The van der Waals surface area contributed by atoms with E-state index < -0.39 is 29.1 Å². The van der Waals surface area contributed by atoms with Crippen LogP contribution in [0.2, 0.25) is 0 Å². The zero-order valence-electron chi connectivity index (χ0n) is 17.7. The minimum absolute atomic E-state index is 0.0324. The lowest BCUT2D eigenvalue weighted by atomic mass is 9.94. The second-order valence-corrected chi connectivity index (χ2v) is 7.96. The van der Waals surface area contributed by atoms with Gasteiger partial charge in [0.05, 0.1) is 16.5 Å². The molecule has 8 heteroatoms. The number of rotatable bonds is 2. The van der Waals surface area contributed by atoms with E-state index in [1.165, 1.54) is 24.3 Å². The van der Waals surface area contributed by atoms with Crippen LogP contribution in [0, 0.1) is 0 Å². The van der Waals surface area contributed by atoms with Crippen LogP contribution >= 0.6 is 0 Å². The minimum Gasteiger partial charge on any atom is -0.422 e. The van der Waals surface area contributed by atoms with Crippen LogP contribution in [-0.4, -0.2) is 0 Å². The highest BCUT2D eigenvalue weighted by atomic mass is 19.4. The fraction of sp³-hybridized carbons (Fsp3) is 0.0741. The number of halogens is 6. The molecule has 0 unspecified atom stereocenters. The Labute approximate surface area is 194 Å². The van der Waals surface area contributed by atoms with E-state index in [2.05, 4.69) is 0 Å². The highest BCUT2D eigenvalue weighted by Gasteiger charge is 2.32. The van der Waals surface area contributed by atoms with Crippen molar-refractivity contribution >= 4 is 10.8 Å². The molecule has 2 aliphatic rings. The summed E-state index contributed by atoms with van der Waals surface area (Å²) in [5.74, 6) is -0.0324. The topological polar surface area (TPSA) is 30.2 Å². The van der Waals surface area contributed by atoms with E-state index in [1.54, 1.807) is 36.4 Å². The third-order valence-electron chi connectivity index (χ3n) is 5.78. The van der Waals surface area contributed by atoms with Crippen molar-refractivity contribution in [3.8, 4) is 33.6 Å². The molecular formula is C27H14F6O2. The summed E-state index contributed by atoms with van der Waals surface area (Å²) in [6.07, 6.45) is -9.11. The summed E-state index contributed by atoms with van der Waals surface area (Å²) in [7, 11) is 0. The average molecular weight is 484 g/mol. The Balaban J connectivity index is 1.84. The minimum atomic E-state index is -4.56. The van der Waals surface area contributed by atoms with E-state index in [-0.39, 0.29) is 16.7 Å². The number of hydrogen-bond acceptors (Lipinski definition) is 2. The molecular weight excluding hydrogens is 470 g/mol. The van der Waals surface area contributed by atoms with Gasteiger partial charge in [-0.2, -0.15) is 26.3 Å². The van der Waals surface area contributed by atoms with Crippen molar-refractivity contribution in [1.29, 1.82) is 0 Å². The number of fused-ring (bicyclic) bond motifs is 3. The molecule has 0 amide bonds. The maximum atomic E-state index is 13.2. The summed E-state index contributed by atoms with van der Waals surface area (Å²) < 4.78 is 84.3. The van der Waals surface area contributed by atoms with Crippen molar-refractivity contribution in [3.63, 3.8) is 0 Å². The molecule has 2 aromatic carbocycles. The van der Waals surface area contributed by atoms with Gasteiger partial charge in [-0.1, -0.05) is 54.6 Å². The summed E-state index contributed by atoms with van der Waals surface area (Å²) in [4.78, 5) is 12.9. The van der Waals surface area contributed by atoms with Gasteiger partial charge in [-0.05, 0) is 47.0 Å². The molecule has 0 radical (unpaired) electrons. The van der Waals surface area contributed by atoms with Crippen LogP contribution in [0.3, 0.4) is 0 Å². The molecule has 0 aliphatic heterocycles. The van der Waals surface area contributed by atoms with Crippen molar-refractivity contribution < 1.29 is 30.8 Å². The Morgan fingerprint density at radius 1 is 0.600 bits per heavy atom. The molecule has 2 nitrogen and oxygen atoms in total. The van der Waals surface area contributed by atoms with Crippen LogP contribution in [-0.2, 0) is 12.4 Å². The number of benzene rings is 2. The normalized spacial score (nSPS) is 12.4. The first-order chi connectivity index (χ1) is 16.5. The lowest BCUT2D eigenvalue weighted by Gasteiger charge is -2.14. The molecule has 0 N–H and O–H groups in total. The van der Waals surface area contributed by atoms with E-state index in [9.17, 15) is 31.1 Å². The molecule has 176 valence electrons. The van der Waals surface area contributed by atoms with Crippen molar-refractivity contribution in [2.45, 2.75) is 12.4 Å². The monoisotopic (exact) mass is 484 g/mol. The SMILES string of the molecule is O=c1oc(-c2ccc(C(F)(F)F)cc2)c(-c2ccc(C(F)(F)F)cc2)c2c3cccccc-3cc12. The highest BCUT2D eigenvalue weighted by molar-refractivity contribution is 6.12. The highest BCUT2D eigenvalue weighted by Crippen LogP contribution is 2.44. The molecule has 0 spiro atoms. The largest absolute Gasteiger partial charge is 0.422 e. The van der Waals surface area contributed by atoms with Gasteiger partial charge in [0, 0.05) is 16.5 Å². The predicted octanol–water partition coefficient (Wildman–Crippen LogP) is 8.27. The zero-order valence-corrected chi connectivity index (χ0v) is 17.7. The van der Waals surface area contributed by atoms with Gasteiger partial charge >= 0.3 is 18.0 Å². The summed E-state index contributed by atoms with van der Waals surface area (Å²) in [6.45, 7) is 0. The molecule has 5 rings (SSSR count). The van der Waals surface area contributed by atoms with Crippen molar-refractivity contribution in [2.24, 2.45) is 0 Å². The van der Waals surface area contributed by atoms with Crippen LogP contribution in [0.4, 0.5) is 26.3 Å². The van der Waals surface area contributed by atoms with Gasteiger partial charge in [0.15, 0.2) is 0 Å². The van der Waals surface area contributed by atoms with E-state index in [1.807, 2.05) is 0 Å². The van der Waals surface area contributed by atoms with Crippen LogP contribution in [0.5, 0.6) is 0 Å². The average Bonchev–Trinajstić information content (AvgIpc) is 3.01. The molecule has 0 bridgehead atoms. The van der Waals surface area contributed by atoms with Gasteiger partial charge in [0.2, 0.25) is 0 Å². The second-order valence-electron chi connectivity index (χ2n) is 7.96. The van der Waals surface area contributed by atoms with Crippen LogP contribution in [0.1, 0.15) is 11.1 Å². The Morgan fingerprint density at radius 2 is 1.14 bits per heavy atom. The maximum absolute atomic E-state index is 13.2. The Hall–Kier alpha value is -4.07. The van der Waals surface area contributed by atoms with Gasteiger partial charge in [-0.25, -0.2) is 4.79 Å². The predicted molar refractivity (Wildman–Crippen MR) is 120 cm³/mol. The third-order valence-corrected chi connectivity index (χ3v) is 5.78. The first-order valence-corrected chi connectivity index (χ1v) is 10.4. The van der Waals surface area contributed by atoms with Gasteiger partial charge < -0.3 is 4.42 Å². The van der Waals surface area contributed by atoms with Gasteiger partial charge in [0.1, 0.15) is 5.76 Å². The van der Waals surface area contributed by atoms with Crippen molar-refractivity contribution in [2.75, 3.05) is 0 Å². The van der Waals surface area contributed by atoms with Crippen LogP contribution in [0.25, 0.3) is 44.3 Å². The summed E-state index contributed by atoms with van der Waals surface area (Å²) in [5.41, 5.74) is -0.270. The first kappa shape index (κ1) is 22.7. The van der Waals surface area contributed by atoms with Gasteiger partial charge in [-0.3, -0.25) is 0 Å². The molecule has 0 saturated carbocycles. The second kappa shape index (κ2) is 8.01. The standard InChI is InChI=1S/C27H14F6O2/c28-26(29,30)18-10-6-15(7-11-18)22-23-20-5-3-1-2-4-17(20)14-21(23)25(34)35-24(22)16-8-12-19(13-9-16)27(31,32)33/h1-14H. The van der Waals surface area contributed by atoms with E-state index in [0.717, 1.165) is 24.3 Å². The fourth-order valence-electron chi connectivity index (χ4n) is 4.15. The van der Waals surface area contributed by atoms with Crippen LogP contribution < -0.4 is 5.63 Å². The quantitative estimate of drug-likeness (QED) is 0.236. The van der Waals surface area contributed by atoms with Crippen LogP contribution in [0.15, 0.2) is 94.1 Å². The van der Waals surface area contributed by atoms with Gasteiger partial charge in [0.25, 0.3) is 0 Å². The Kier molecular flexibility index (Phi) is 5.20. The molecule has 0 saturated heterocycles. The summed E-state index contributed by atoms with van der Waals surface area (Å²) in [5, 5.41) is 0.666. The molecule has 2 aliphatic carbocycles. The fourth-order valence-corrected chi connectivity index (χ4v) is 4.15. The van der Waals surface area contributed by atoms with Crippen molar-refractivity contribution in [3.05, 3.63) is 106 Å².